The molecular formula is C16H26N2O3. The van der Waals surface area contributed by atoms with Gasteiger partial charge in [-0.15, -0.1) is 0 Å². The molecular weight excluding hydrogens is 268 g/mol. The van der Waals surface area contributed by atoms with Crippen molar-refractivity contribution < 1.29 is 13.9 Å². The molecule has 1 aromatic heterocycles. The first-order chi connectivity index (χ1) is 10.2. The van der Waals surface area contributed by atoms with E-state index in [9.17, 15) is 0 Å². The van der Waals surface area contributed by atoms with Crippen molar-refractivity contribution in [2.45, 2.75) is 31.1 Å². The average molecular weight is 294 g/mol. The monoisotopic (exact) mass is 294 g/mol. The Kier molecular flexibility index (Phi) is 4.64. The molecule has 1 spiro atoms. The molecule has 0 aromatic carbocycles. The van der Waals surface area contributed by atoms with Gasteiger partial charge in [0.05, 0.1) is 32.1 Å². The summed E-state index contributed by atoms with van der Waals surface area (Å²) in [5, 5.41) is 0. The minimum atomic E-state index is -0.135. The van der Waals surface area contributed by atoms with Crippen LogP contribution in [-0.2, 0) is 16.0 Å². The normalized spacial score (nSPS) is 31.1. The Bertz CT molecular complexity index is 435. The summed E-state index contributed by atoms with van der Waals surface area (Å²) >= 11 is 0. The lowest BCUT2D eigenvalue weighted by atomic mass is 10.00. The van der Waals surface area contributed by atoms with E-state index < -0.39 is 0 Å². The van der Waals surface area contributed by atoms with Gasteiger partial charge in [-0.1, -0.05) is 0 Å². The standard InChI is InChI=1S/C16H26N2O3/c1-17(2)10-15-5-6-16(21-15)12-18(7-9-19-13-16)11-14-4-3-8-20-14/h3-4,8,15H,5-7,9-13H2,1-2H3/t15-,16-/m1/s1. The van der Waals surface area contributed by atoms with Crippen LogP contribution in [0.1, 0.15) is 18.6 Å². The zero-order chi connectivity index (χ0) is 14.7. The molecule has 2 saturated heterocycles. The highest BCUT2D eigenvalue weighted by molar-refractivity contribution is 5.00. The third kappa shape index (κ3) is 3.86. The first kappa shape index (κ1) is 15.0. The van der Waals surface area contributed by atoms with Crippen LogP contribution in [0.3, 0.4) is 0 Å². The predicted octanol–water partition coefficient (Wildman–Crippen LogP) is 1.59. The lowest BCUT2D eigenvalue weighted by molar-refractivity contribution is -0.0904. The number of ether oxygens (including phenoxy) is 2. The van der Waals surface area contributed by atoms with E-state index in [4.69, 9.17) is 13.9 Å². The van der Waals surface area contributed by atoms with E-state index >= 15 is 0 Å². The van der Waals surface area contributed by atoms with Gasteiger partial charge in [0.1, 0.15) is 11.4 Å². The minimum absolute atomic E-state index is 0.135. The molecule has 3 heterocycles. The summed E-state index contributed by atoms with van der Waals surface area (Å²) in [6, 6.07) is 3.97. The number of rotatable bonds is 4. The van der Waals surface area contributed by atoms with E-state index in [2.05, 4.69) is 23.9 Å². The van der Waals surface area contributed by atoms with E-state index in [1.165, 1.54) is 0 Å². The molecule has 118 valence electrons. The van der Waals surface area contributed by atoms with Crippen molar-refractivity contribution in [2.24, 2.45) is 0 Å². The maximum atomic E-state index is 6.39. The Balaban J connectivity index is 1.62. The van der Waals surface area contributed by atoms with Gasteiger partial charge in [-0.2, -0.15) is 0 Å². The largest absolute Gasteiger partial charge is 0.468 e. The SMILES string of the molecule is CN(C)C[C@H]1CC[C@@]2(COCCN(Cc3ccco3)C2)O1. The van der Waals surface area contributed by atoms with E-state index in [0.29, 0.717) is 12.7 Å². The quantitative estimate of drug-likeness (QED) is 0.843. The zero-order valence-corrected chi connectivity index (χ0v) is 13.1. The Labute approximate surface area is 126 Å². The molecule has 0 unspecified atom stereocenters. The predicted molar refractivity (Wildman–Crippen MR) is 80.2 cm³/mol. The third-order valence-electron chi connectivity index (χ3n) is 4.30. The van der Waals surface area contributed by atoms with Crippen LogP contribution in [0, 0.1) is 0 Å². The average Bonchev–Trinajstić information content (AvgIpc) is 3.00. The second-order valence-corrected chi connectivity index (χ2v) is 6.57. The molecule has 2 atom stereocenters. The minimum Gasteiger partial charge on any atom is -0.468 e. The van der Waals surface area contributed by atoms with Crippen molar-refractivity contribution in [3.63, 3.8) is 0 Å². The van der Waals surface area contributed by atoms with Crippen LogP contribution in [-0.4, -0.2) is 68.4 Å². The molecule has 2 fully saturated rings. The van der Waals surface area contributed by atoms with Crippen LogP contribution in [0.15, 0.2) is 22.8 Å². The van der Waals surface area contributed by atoms with Gasteiger partial charge >= 0.3 is 0 Å². The molecule has 0 saturated carbocycles. The summed E-state index contributed by atoms with van der Waals surface area (Å²) in [5.74, 6) is 1.01. The van der Waals surface area contributed by atoms with Crippen molar-refractivity contribution in [1.82, 2.24) is 9.80 Å². The van der Waals surface area contributed by atoms with Gasteiger partial charge in [0, 0.05) is 19.6 Å². The van der Waals surface area contributed by atoms with Gasteiger partial charge in [-0.3, -0.25) is 4.90 Å². The summed E-state index contributed by atoms with van der Waals surface area (Å²) in [5.41, 5.74) is -0.135. The zero-order valence-electron chi connectivity index (χ0n) is 13.1. The van der Waals surface area contributed by atoms with Gasteiger partial charge < -0.3 is 18.8 Å². The van der Waals surface area contributed by atoms with E-state index in [-0.39, 0.29) is 5.60 Å². The highest BCUT2D eigenvalue weighted by Gasteiger charge is 2.43. The van der Waals surface area contributed by atoms with Crippen molar-refractivity contribution in [3.05, 3.63) is 24.2 Å². The Morgan fingerprint density at radius 2 is 2.33 bits per heavy atom. The maximum absolute atomic E-state index is 6.39. The number of hydrogen-bond acceptors (Lipinski definition) is 5. The van der Waals surface area contributed by atoms with Crippen molar-refractivity contribution in [3.8, 4) is 0 Å². The highest BCUT2D eigenvalue weighted by Crippen LogP contribution is 2.33. The fourth-order valence-corrected chi connectivity index (χ4v) is 3.40. The first-order valence-electron chi connectivity index (χ1n) is 7.80. The van der Waals surface area contributed by atoms with Crippen molar-refractivity contribution in [1.29, 1.82) is 0 Å². The Hall–Kier alpha value is -0.880. The number of nitrogens with zero attached hydrogens (tertiary/aromatic N) is 2. The first-order valence-corrected chi connectivity index (χ1v) is 7.80. The second kappa shape index (κ2) is 6.48. The van der Waals surface area contributed by atoms with E-state index in [0.717, 1.165) is 51.4 Å². The molecule has 0 aliphatic carbocycles. The molecule has 0 amide bonds. The highest BCUT2D eigenvalue weighted by atomic mass is 16.6. The number of likely N-dealkylation sites (N-methyl/N-ethyl adjacent to an activating group) is 1. The topological polar surface area (TPSA) is 38.1 Å². The molecule has 0 radical (unpaired) electrons. The van der Waals surface area contributed by atoms with Crippen LogP contribution in [0.4, 0.5) is 0 Å². The molecule has 2 aliphatic rings. The fourth-order valence-electron chi connectivity index (χ4n) is 3.40. The van der Waals surface area contributed by atoms with Crippen LogP contribution in [0.5, 0.6) is 0 Å². The lowest BCUT2D eigenvalue weighted by Crippen LogP contribution is -2.44. The molecule has 0 N–H and O–H groups in total. The maximum Gasteiger partial charge on any atom is 0.117 e. The fraction of sp³-hybridized carbons (Fsp3) is 0.750. The van der Waals surface area contributed by atoms with Crippen LogP contribution < -0.4 is 0 Å². The lowest BCUT2D eigenvalue weighted by Gasteiger charge is -2.32. The van der Waals surface area contributed by atoms with Crippen LogP contribution in [0.2, 0.25) is 0 Å². The molecule has 2 aliphatic heterocycles. The second-order valence-electron chi connectivity index (χ2n) is 6.57. The molecule has 21 heavy (non-hydrogen) atoms. The summed E-state index contributed by atoms with van der Waals surface area (Å²) in [6.07, 6.45) is 4.27. The number of furan rings is 1. The van der Waals surface area contributed by atoms with Gasteiger partial charge in [0.15, 0.2) is 0 Å². The molecule has 3 rings (SSSR count). The molecule has 1 aromatic rings. The molecule has 5 heteroatoms. The smallest absolute Gasteiger partial charge is 0.117 e. The summed E-state index contributed by atoms with van der Waals surface area (Å²) in [6.45, 7) is 5.16. The molecule has 5 nitrogen and oxygen atoms in total. The van der Waals surface area contributed by atoms with Crippen LogP contribution >= 0.6 is 0 Å². The van der Waals surface area contributed by atoms with Crippen molar-refractivity contribution in [2.75, 3.05) is 46.9 Å². The van der Waals surface area contributed by atoms with E-state index in [1.807, 2.05) is 12.1 Å². The van der Waals surface area contributed by atoms with Crippen molar-refractivity contribution >= 4 is 0 Å². The summed E-state index contributed by atoms with van der Waals surface area (Å²) < 4.78 is 17.7. The Morgan fingerprint density at radius 1 is 1.43 bits per heavy atom. The van der Waals surface area contributed by atoms with Gasteiger partial charge in [-0.05, 0) is 39.1 Å². The van der Waals surface area contributed by atoms with Crippen LogP contribution in [0.25, 0.3) is 0 Å². The van der Waals surface area contributed by atoms with E-state index in [1.54, 1.807) is 6.26 Å². The summed E-state index contributed by atoms with van der Waals surface area (Å²) in [7, 11) is 4.20. The third-order valence-corrected chi connectivity index (χ3v) is 4.30. The van der Waals surface area contributed by atoms with Gasteiger partial charge in [-0.25, -0.2) is 0 Å². The van der Waals surface area contributed by atoms with Gasteiger partial charge in [0.25, 0.3) is 0 Å². The summed E-state index contributed by atoms with van der Waals surface area (Å²) in [4.78, 5) is 4.59. The molecule has 0 bridgehead atoms. The number of hydrogen-bond donors (Lipinski definition) is 0. The Morgan fingerprint density at radius 3 is 3.10 bits per heavy atom. The van der Waals surface area contributed by atoms with Gasteiger partial charge in [0.2, 0.25) is 0 Å².